The van der Waals surface area contributed by atoms with Gasteiger partial charge in [-0.05, 0) is 66.1 Å². The summed E-state index contributed by atoms with van der Waals surface area (Å²) in [6.07, 6.45) is 5.20. The number of halogens is 1. The predicted molar refractivity (Wildman–Crippen MR) is 138 cm³/mol. The highest BCUT2D eigenvalue weighted by atomic mass is 19.1. The van der Waals surface area contributed by atoms with E-state index in [0.29, 0.717) is 0 Å². The molecule has 3 N–H and O–H groups in total. The lowest BCUT2D eigenvalue weighted by Gasteiger charge is -2.15. The summed E-state index contributed by atoms with van der Waals surface area (Å²) >= 11 is 0. The van der Waals surface area contributed by atoms with Crippen molar-refractivity contribution in [2.45, 2.75) is 32.7 Å². The number of fused-ring (bicyclic) bond motifs is 2. The number of nitrogens with one attached hydrogen (secondary N) is 1. The van der Waals surface area contributed by atoms with Gasteiger partial charge in [-0.2, -0.15) is 0 Å². The Morgan fingerprint density at radius 1 is 0.971 bits per heavy atom. The molecule has 7 rings (SSSR count). The lowest BCUT2D eigenvalue weighted by atomic mass is 10.1. The van der Waals surface area contributed by atoms with Crippen LogP contribution in [0.3, 0.4) is 0 Å². The zero-order valence-electron chi connectivity index (χ0n) is 19.3. The second-order valence-electron chi connectivity index (χ2n) is 8.65. The Kier molecular flexibility index (Phi) is 6.12. The maximum Gasteiger partial charge on any atom is 0.137 e. The van der Waals surface area contributed by atoms with Crippen LogP contribution >= 0.6 is 0 Å². The summed E-state index contributed by atoms with van der Waals surface area (Å²) in [5, 5.41) is 5.62. The quantitative estimate of drug-likeness (QED) is 0.210. The van der Waals surface area contributed by atoms with Crippen molar-refractivity contribution in [3.05, 3.63) is 84.4 Å². The van der Waals surface area contributed by atoms with Crippen molar-refractivity contribution < 1.29 is 4.39 Å². The average molecular weight is 454 g/mol. The Morgan fingerprint density at radius 2 is 1.88 bits per heavy atom. The maximum absolute atomic E-state index is 13.1. The standard InChI is InChI=1S/C15H10FN.C13H18N4/c16-13-3-1-2-10(6-13)9-17-14-5-4-11-7-12(14)8-15(11)17;1-2-3-4-7-15-13-11-8-10(14)5-6-12(11)16-9-17-13/h1-8H,9H2;5-6,8-9H,2-4,7,14H2,1H3,(H,15,16,17). The number of hydrogen-bond donors (Lipinski definition) is 2. The molecule has 2 aliphatic rings. The van der Waals surface area contributed by atoms with Gasteiger partial charge in [0.15, 0.2) is 0 Å². The van der Waals surface area contributed by atoms with Crippen LogP contribution in [0.15, 0.2) is 73.1 Å². The highest BCUT2D eigenvalue weighted by Crippen LogP contribution is 2.37. The van der Waals surface area contributed by atoms with E-state index in [9.17, 15) is 4.39 Å². The van der Waals surface area contributed by atoms with Gasteiger partial charge >= 0.3 is 0 Å². The van der Waals surface area contributed by atoms with E-state index in [1.165, 1.54) is 41.1 Å². The number of unbranched alkanes of at least 4 members (excludes halogenated alkanes) is 2. The zero-order valence-corrected chi connectivity index (χ0v) is 19.3. The molecule has 3 aromatic carbocycles. The number of nitrogens with two attached hydrogens (primary N) is 1. The van der Waals surface area contributed by atoms with Crippen LogP contribution in [0.2, 0.25) is 0 Å². The van der Waals surface area contributed by atoms with Crippen molar-refractivity contribution in [1.82, 2.24) is 14.5 Å². The van der Waals surface area contributed by atoms with E-state index in [-0.39, 0.29) is 5.82 Å². The molecule has 0 unspecified atom stereocenters. The lowest BCUT2D eigenvalue weighted by molar-refractivity contribution is 0.624. The third-order valence-corrected chi connectivity index (χ3v) is 6.16. The van der Waals surface area contributed by atoms with Crippen molar-refractivity contribution in [2.24, 2.45) is 0 Å². The first kappa shape index (κ1) is 21.9. The SMILES string of the molecule is CCCCCNc1ncnc2ccc(N)cc12.Fc1cccc(Cn2c3cc4cc-3ccc42)c1. The van der Waals surface area contributed by atoms with E-state index < -0.39 is 0 Å². The molecule has 5 nitrogen and oxygen atoms in total. The van der Waals surface area contributed by atoms with Gasteiger partial charge in [0, 0.05) is 40.8 Å². The molecule has 4 bridgehead atoms. The summed E-state index contributed by atoms with van der Waals surface area (Å²) in [6, 6.07) is 21.2. The van der Waals surface area contributed by atoms with E-state index in [1.54, 1.807) is 18.5 Å². The number of benzene rings is 3. The van der Waals surface area contributed by atoms with Gasteiger partial charge in [-0.3, -0.25) is 0 Å². The van der Waals surface area contributed by atoms with Gasteiger partial charge in [0.25, 0.3) is 0 Å². The molecule has 0 saturated heterocycles. The summed E-state index contributed by atoms with van der Waals surface area (Å²) in [6.45, 7) is 3.87. The molecule has 0 radical (unpaired) electrons. The van der Waals surface area contributed by atoms with Crippen LogP contribution in [0.1, 0.15) is 31.7 Å². The Balaban J connectivity index is 0.000000142. The van der Waals surface area contributed by atoms with E-state index in [4.69, 9.17) is 5.73 Å². The normalized spacial score (nSPS) is 11.4. The minimum absolute atomic E-state index is 0.168. The van der Waals surface area contributed by atoms with Gasteiger partial charge in [0.05, 0.1) is 5.52 Å². The van der Waals surface area contributed by atoms with Gasteiger partial charge < -0.3 is 15.6 Å². The molecule has 0 fully saturated rings. The fourth-order valence-electron chi connectivity index (χ4n) is 4.45. The summed E-state index contributed by atoms with van der Waals surface area (Å²) in [7, 11) is 0. The second-order valence-corrected chi connectivity index (χ2v) is 8.65. The van der Waals surface area contributed by atoms with Gasteiger partial charge in [-0.1, -0.05) is 38.0 Å². The maximum atomic E-state index is 13.1. The molecule has 172 valence electrons. The first-order valence-electron chi connectivity index (χ1n) is 11.7. The zero-order chi connectivity index (χ0) is 23.5. The first-order valence-corrected chi connectivity index (χ1v) is 11.7. The van der Waals surface area contributed by atoms with Crippen LogP contribution in [-0.4, -0.2) is 21.1 Å². The number of anilines is 2. The molecule has 0 amide bonds. The second kappa shape index (κ2) is 9.51. The molecule has 0 spiro atoms. The van der Waals surface area contributed by atoms with Crippen molar-refractivity contribution >= 4 is 33.3 Å². The number of hydrogen-bond acceptors (Lipinski definition) is 4. The minimum atomic E-state index is -0.168. The summed E-state index contributed by atoms with van der Waals surface area (Å²) in [4.78, 5) is 8.49. The Labute approximate surface area is 198 Å². The minimum Gasteiger partial charge on any atom is -0.399 e. The van der Waals surface area contributed by atoms with Crippen molar-refractivity contribution in [3.63, 3.8) is 0 Å². The third kappa shape index (κ3) is 4.44. The molecular weight excluding hydrogens is 425 g/mol. The smallest absolute Gasteiger partial charge is 0.137 e. The summed E-state index contributed by atoms with van der Waals surface area (Å²) in [5.41, 5.74) is 12.2. The van der Waals surface area contributed by atoms with Crippen LogP contribution in [0, 0.1) is 5.82 Å². The van der Waals surface area contributed by atoms with Crippen molar-refractivity contribution in [2.75, 3.05) is 17.6 Å². The van der Waals surface area contributed by atoms with E-state index >= 15 is 0 Å². The Hall–Kier alpha value is -3.93. The molecule has 3 heterocycles. The fourth-order valence-corrected chi connectivity index (χ4v) is 4.45. The topological polar surface area (TPSA) is 68.8 Å². The molecule has 0 saturated carbocycles. The Morgan fingerprint density at radius 3 is 2.68 bits per heavy atom. The van der Waals surface area contributed by atoms with Gasteiger partial charge in [0.1, 0.15) is 18.0 Å². The highest BCUT2D eigenvalue weighted by molar-refractivity contribution is 5.96. The molecular formula is C28H28FN5. The average Bonchev–Trinajstić information content (AvgIpc) is 3.36. The van der Waals surface area contributed by atoms with E-state index in [1.807, 2.05) is 24.3 Å². The molecule has 1 aliphatic heterocycles. The van der Waals surface area contributed by atoms with Crippen LogP contribution < -0.4 is 11.1 Å². The van der Waals surface area contributed by atoms with Crippen molar-refractivity contribution in [1.29, 1.82) is 0 Å². The predicted octanol–water partition coefficient (Wildman–Crippen LogP) is 6.62. The van der Waals surface area contributed by atoms with E-state index in [2.05, 4.69) is 51.0 Å². The van der Waals surface area contributed by atoms with Crippen molar-refractivity contribution in [3.8, 4) is 11.3 Å². The Bertz CT molecular complexity index is 1460. The van der Waals surface area contributed by atoms with Gasteiger partial charge in [0.2, 0.25) is 0 Å². The number of aromatic nitrogens is 3. The van der Waals surface area contributed by atoms with Crippen LogP contribution in [0.5, 0.6) is 0 Å². The number of nitrogen functional groups attached to an aromatic ring is 1. The summed E-state index contributed by atoms with van der Waals surface area (Å²) < 4.78 is 15.4. The fraction of sp³-hybridized carbons (Fsp3) is 0.214. The molecule has 1 aliphatic carbocycles. The highest BCUT2D eigenvalue weighted by Gasteiger charge is 2.17. The van der Waals surface area contributed by atoms with Crippen LogP contribution in [0.25, 0.3) is 33.1 Å². The van der Waals surface area contributed by atoms with Crippen LogP contribution in [0.4, 0.5) is 15.9 Å². The number of pyridine rings is 2. The molecule has 6 heteroatoms. The number of nitrogens with zero attached hydrogens (tertiary/aromatic N) is 3. The lowest BCUT2D eigenvalue weighted by Crippen LogP contribution is -2.04. The molecule has 0 atom stereocenters. The molecule has 5 aromatic rings. The van der Waals surface area contributed by atoms with E-state index in [0.717, 1.165) is 47.5 Å². The van der Waals surface area contributed by atoms with Crippen LogP contribution in [-0.2, 0) is 6.54 Å². The van der Waals surface area contributed by atoms with Gasteiger partial charge in [-0.25, -0.2) is 14.4 Å². The number of rotatable bonds is 7. The first-order chi connectivity index (χ1) is 16.6. The molecule has 2 aromatic heterocycles. The molecule has 34 heavy (non-hydrogen) atoms. The largest absolute Gasteiger partial charge is 0.399 e. The third-order valence-electron chi connectivity index (χ3n) is 6.16. The van der Waals surface area contributed by atoms with Gasteiger partial charge in [-0.15, -0.1) is 0 Å². The monoisotopic (exact) mass is 453 g/mol. The summed E-state index contributed by atoms with van der Waals surface area (Å²) in [5.74, 6) is 0.705.